The number of nitrogens with zero attached hydrogens (tertiary/aromatic N) is 1. The van der Waals surface area contributed by atoms with E-state index in [0.717, 1.165) is 38.1 Å². The van der Waals surface area contributed by atoms with Gasteiger partial charge in [0.05, 0.1) is 0 Å². The number of nitrogens with one attached hydrogen (secondary N) is 1. The van der Waals surface area contributed by atoms with Crippen molar-refractivity contribution in [1.29, 1.82) is 0 Å². The van der Waals surface area contributed by atoms with Crippen LogP contribution in [0, 0.1) is 11.6 Å². The third kappa shape index (κ3) is 4.84. The number of halogens is 2. The Balaban J connectivity index is 1.75. The van der Waals surface area contributed by atoms with E-state index >= 15 is 0 Å². The van der Waals surface area contributed by atoms with Gasteiger partial charge in [-0.25, -0.2) is 0 Å². The summed E-state index contributed by atoms with van der Waals surface area (Å²) in [5, 5.41) is 0. The van der Waals surface area contributed by atoms with Crippen molar-refractivity contribution in [1.82, 2.24) is 4.90 Å². The second-order valence-corrected chi connectivity index (χ2v) is 11.2. The van der Waals surface area contributed by atoms with Crippen molar-refractivity contribution in [2.75, 3.05) is 24.9 Å². The summed E-state index contributed by atoms with van der Waals surface area (Å²) in [5.41, 5.74) is 0.328. The minimum absolute atomic E-state index is 0.0339. The molecular formula is C18H20AsF2N2O2S. The summed E-state index contributed by atoms with van der Waals surface area (Å²) in [6, 6.07) is 8.90. The average molecular weight is 441 g/mol. The minimum atomic E-state index is -3.84. The molecule has 139 valence electrons. The second kappa shape index (κ2) is 8.07. The van der Waals surface area contributed by atoms with E-state index < -0.39 is 15.8 Å². The number of piperidine rings is 1. The Morgan fingerprint density at radius 2 is 1.73 bits per heavy atom. The van der Waals surface area contributed by atoms with Crippen molar-refractivity contribution < 1.29 is 17.2 Å². The molecule has 1 aliphatic rings. The molecule has 8 heteroatoms. The molecule has 2 aromatic carbocycles. The Morgan fingerprint density at radius 3 is 2.38 bits per heavy atom. The number of rotatable bonds is 5. The molecule has 1 N–H and O–H groups in total. The predicted molar refractivity (Wildman–Crippen MR) is 99.5 cm³/mol. The number of hydrogen-bond donors (Lipinski definition) is 1. The van der Waals surface area contributed by atoms with E-state index in [-0.39, 0.29) is 26.5 Å². The van der Waals surface area contributed by atoms with Crippen molar-refractivity contribution in [3.8, 4) is 0 Å². The van der Waals surface area contributed by atoms with Gasteiger partial charge in [-0.1, -0.05) is 0 Å². The fourth-order valence-electron chi connectivity index (χ4n) is 2.82. The molecule has 26 heavy (non-hydrogen) atoms. The van der Waals surface area contributed by atoms with Gasteiger partial charge in [0.1, 0.15) is 0 Å². The van der Waals surface area contributed by atoms with Gasteiger partial charge in [-0.05, 0) is 0 Å². The molecule has 1 saturated heterocycles. The van der Waals surface area contributed by atoms with E-state index in [9.17, 15) is 17.2 Å². The average Bonchev–Trinajstić information content (AvgIpc) is 2.60. The maximum absolute atomic E-state index is 14.2. The topological polar surface area (TPSA) is 49.4 Å². The third-order valence-electron chi connectivity index (χ3n) is 4.33. The number of hydrogen-bond acceptors (Lipinski definition) is 3. The Bertz CT molecular complexity index is 867. The third-order valence-corrected chi connectivity index (χ3v) is 8.88. The molecule has 2 aromatic rings. The molecule has 0 amide bonds. The second-order valence-electron chi connectivity index (χ2n) is 6.39. The van der Waals surface area contributed by atoms with E-state index in [1.807, 2.05) is 0 Å². The SMILES string of the molecule is CN1CCC([As]c2cc(NS(=O)(=O)c3ccc(F)cc3)ccc2F)CC1. The summed E-state index contributed by atoms with van der Waals surface area (Å²) < 4.78 is 55.6. The van der Waals surface area contributed by atoms with Crippen LogP contribution in [0.5, 0.6) is 0 Å². The molecule has 0 aromatic heterocycles. The predicted octanol–water partition coefficient (Wildman–Crippen LogP) is 2.61. The quantitative estimate of drug-likeness (QED) is 0.726. The summed E-state index contributed by atoms with van der Waals surface area (Å²) in [7, 11) is -1.75. The molecule has 3 rings (SSSR count). The fourth-order valence-corrected chi connectivity index (χ4v) is 6.59. The standard InChI is InChI=1S/C18H20AsF2N2O2S/c1-23-10-8-13(9-11-23)19-17-12-15(4-7-18(17)21)22-26(24,25)16-5-2-14(20)3-6-16/h2-7,12-13,22H,8-11H2,1H3. The molecule has 0 unspecified atom stereocenters. The molecule has 0 aliphatic carbocycles. The van der Waals surface area contributed by atoms with Crippen LogP contribution in [0.4, 0.5) is 14.5 Å². The van der Waals surface area contributed by atoms with Crippen LogP contribution in [0.2, 0.25) is 4.71 Å². The number of likely N-dealkylation sites (tertiary alicyclic amines) is 1. The molecule has 1 aliphatic heterocycles. The van der Waals surface area contributed by atoms with Crippen LogP contribution in [0.25, 0.3) is 0 Å². The van der Waals surface area contributed by atoms with Crippen molar-refractivity contribution in [2.45, 2.75) is 22.4 Å². The summed E-state index contributed by atoms with van der Waals surface area (Å²) in [6.07, 6.45) is 2.09. The Kier molecular flexibility index (Phi) is 6.00. The zero-order valence-electron chi connectivity index (χ0n) is 14.3. The van der Waals surface area contributed by atoms with Crippen LogP contribution >= 0.6 is 0 Å². The van der Waals surface area contributed by atoms with Crippen molar-refractivity contribution in [3.05, 3.63) is 54.1 Å². The van der Waals surface area contributed by atoms with Gasteiger partial charge in [-0.2, -0.15) is 0 Å². The van der Waals surface area contributed by atoms with Gasteiger partial charge in [0.15, 0.2) is 0 Å². The first-order chi connectivity index (χ1) is 12.3. The van der Waals surface area contributed by atoms with Gasteiger partial charge in [-0.3, -0.25) is 0 Å². The molecule has 0 atom stereocenters. The maximum atomic E-state index is 14.2. The molecular weight excluding hydrogens is 421 g/mol. The summed E-state index contributed by atoms with van der Waals surface area (Å²) in [4.78, 5) is 2.23. The molecule has 1 radical (unpaired) electrons. The van der Waals surface area contributed by atoms with Gasteiger partial charge in [0.2, 0.25) is 0 Å². The van der Waals surface area contributed by atoms with E-state index in [1.165, 1.54) is 24.3 Å². The van der Waals surface area contributed by atoms with Gasteiger partial charge in [0, 0.05) is 0 Å². The van der Waals surface area contributed by atoms with Crippen LogP contribution in [-0.2, 0) is 10.0 Å². The van der Waals surface area contributed by atoms with Crippen LogP contribution in [0.1, 0.15) is 12.8 Å². The van der Waals surface area contributed by atoms with E-state index in [1.54, 1.807) is 6.07 Å². The van der Waals surface area contributed by atoms with Crippen LogP contribution in [0.3, 0.4) is 0 Å². The van der Waals surface area contributed by atoms with E-state index in [4.69, 9.17) is 0 Å². The van der Waals surface area contributed by atoms with Gasteiger partial charge >= 0.3 is 159 Å². The first-order valence-electron chi connectivity index (χ1n) is 8.31. The zero-order valence-corrected chi connectivity index (χ0v) is 17.0. The molecule has 4 nitrogen and oxygen atoms in total. The molecule has 0 saturated carbocycles. The first-order valence-corrected chi connectivity index (χ1v) is 11.8. The normalized spacial score (nSPS) is 17.0. The Labute approximate surface area is 159 Å². The fraction of sp³-hybridized carbons (Fsp3) is 0.333. The zero-order chi connectivity index (χ0) is 18.7. The van der Waals surface area contributed by atoms with Crippen LogP contribution < -0.4 is 9.07 Å². The molecule has 1 heterocycles. The van der Waals surface area contributed by atoms with E-state index in [2.05, 4.69) is 16.7 Å². The summed E-state index contributed by atoms with van der Waals surface area (Å²) >= 11 is -0.374. The van der Waals surface area contributed by atoms with E-state index in [0.29, 0.717) is 14.7 Å². The molecule has 1 fully saturated rings. The number of benzene rings is 2. The van der Waals surface area contributed by atoms with Crippen LogP contribution in [0.15, 0.2) is 47.4 Å². The Morgan fingerprint density at radius 1 is 1.08 bits per heavy atom. The Hall–Kier alpha value is -1.43. The van der Waals surface area contributed by atoms with Crippen molar-refractivity contribution in [2.24, 2.45) is 0 Å². The molecule has 0 bridgehead atoms. The van der Waals surface area contributed by atoms with Gasteiger partial charge in [-0.15, -0.1) is 0 Å². The van der Waals surface area contributed by atoms with Crippen LogP contribution in [-0.4, -0.2) is 49.2 Å². The summed E-state index contributed by atoms with van der Waals surface area (Å²) in [6.45, 7) is 2.03. The number of anilines is 1. The van der Waals surface area contributed by atoms with Crippen molar-refractivity contribution >= 4 is 35.8 Å². The molecule has 0 spiro atoms. The first kappa shape index (κ1) is 19.3. The van der Waals surface area contributed by atoms with Crippen molar-refractivity contribution in [3.63, 3.8) is 0 Å². The monoisotopic (exact) mass is 441 g/mol. The van der Waals surface area contributed by atoms with Gasteiger partial charge < -0.3 is 0 Å². The van der Waals surface area contributed by atoms with Gasteiger partial charge in [0.25, 0.3) is 0 Å². The number of sulfonamides is 1. The summed E-state index contributed by atoms with van der Waals surface area (Å²) in [5.74, 6) is -0.788.